The van der Waals surface area contributed by atoms with Gasteiger partial charge >= 0.3 is 5.97 Å². The minimum absolute atomic E-state index is 0.272. The molecule has 0 bridgehead atoms. The number of carbonyl (C=O) groups excluding carboxylic acids is 1. The minimum atomic E-state index is -0.389. The Morgan fingerprint density at radius 2 is 2.11 bits per heavy atom. The van der Waals surface area contributed by atoms with Crippen LogP contribution in [0.25, 0.3) is 11.0 Å². The maximum absolute atomic E-state index is 11.7. The van der Waals surface area contributed by atoms with E-state index >= 15 is 0 Å². The SMILES string of the molecule is C[NH+](C)CCCOC(=O)c1cc2ccccc2o1. The second-order valence-corrected chi connectivity index (χ2v) is 4.60. The smallest absolute Gasteiger partial charge is 0.374 e. The minimum Gasteiger partial charge on any atom is -0.460 e. The first-order valence-electron chi connectivity index (χ1n) is 6.11. The zero-order valence-electron chi connectivity index (χ0n) is 10.7. The number of rotatable bonds is 5. The van der Waals surface area contributed by atoms with Crippen LogP contribution in [0.3, 0.4) is 0 Å². The van der Waals surface area contributed by atoms with Gasteiger partial charge in [-0.25, -0.2) is 4.79 Å². The second kappa shape index (κ2) is 5.69. The highest BCUT2D eigenvalue weighted by Crippen LogP contribution is 2.19. The van der Waals surface area contributed by atoms with E-state index < -0.39 is 0 Å². The van der Waals surface area contributed by atoms with Crippen LogP contribution in [0.15, 0.2) is 34.7 Å². The highest BCUT2D eigenvalue weighted by molar-refractivity contribution is 5.92. The van der Waals surface area contributed by atoms with Crippen molar-refractivity contribution in [1.29, 1.82) is 0 Å². The van der Waals surface area contributed by atoms with Gasteiger partial charge in [0.15, 0.2) is 0 Å². The molecule has 0 saturated heterocycles. The Kier molecular flexibility index (Phi) is 3.99. The van der Waals surface area contributed by atoms with Gasteiger partial charge in [0.05, 0.1) is 27.2 Å². The zero-order chi connectivity index (χ0) is 13.0. The highest BCUT2D eigenvalue weighted by Gasteiger charge is 2.13. The Morgan fingerprint density at radius 1 is 1.33 bits per heavy atom. The molecule has 1 aromatic carbocycles. The van der Waals surface area contributed by atoms with E-state index in [0.29, 0.717) is 12.2 Å². The van der Waals surface area contributed by atoms with Crippen LogP contribution in [-0.4, -0.2) is 33.2 Å². The predicted molar refractivity (Wildman–Crippen MR) is 68.8 cm³/mol. The van der Waals surface area contributed by atoms with E-state index in [4.69, 9.17) is 9.15 Å². The number of esters is 1. The molecule has 1 aromatic heterocycles. The molecular formula is C14H18NO3+. The van der Waals surface area contributed by atoms with Crippen molar-refractivity contribution in [1.82, 2.24) is 0 Å². The molecule has 0 aliphatic carbocycles. The summed E-state index contributed by atoms with van der Waals surface area (Å²) in [6.07, 6.45) is 0.855. The fourth-order valence-electron chi connectivity index (χ4n) is 1.74. The summed E-state index contributed by atoms with van der Waals surface area (Å²) >= 11 is 0. The molecule has 0 spiro atoms. The summed E-state index contributed by atoms with van der Waals surface area (Å²) in [6.45, 7) is 1.41. The molecule has 0 amide bonds. The molecule has 1 N–H and O–H groups in total. The molecule has 4 heteroatoms. The lowest BCUT2D eigenvalue weighted by molar-refractivity contribution is -0.858. The first-order valence-corrected chi connectivity index (χ1v) is 6.11. The van der Waals surface area contributed by atoms with Crippen molar-refractivity contribution in [3.63, 3.8) is 0 Å². The molecule has 0 unspecified atom stereocenters. The Balaban J connectivity index is 1.92. The number of hydrogen-bond donors (Lipinski definition) is 1. The maximum atomic E-state index is 11.7. The number of quaternary nitrogens is 1. The molecule has 2 rings (SSSR count). The van der Waals surface area contributed by atoms with Crippen LogP contribution in [-0.2, 0) is 4.74 Å². The Hall–Kier alpha value is -1.81. The Bertz CT molecular complexity index is 498. The zero-order valence-corrected chi connectivity index (χ0v) is 10.7. The maximum Gasteiger partial charge on any atom is 0.374 e. The molecule has 0 fully saturated rings. The standard InChI is InChI=1S/C14H17NO3/c1-15(2)8-5-9-17-14(16)13-10-11-6-3-4-7-12(11)18-13/h3-4,6-7,10H,5,8-9H2,1-2H3/p+1. The Labute approximate surface area is 106 Å². The average molecular weight is 248 g/mol. The van der Waals surface area contributed by atoms with Crippen molar-refractivity contribution in [2.75, 3.05) is 27.2 Å². The van der Waals surface area contributed by atoms with Gasteiger partial charge in [0.25, 0.3) is 0 Å². The van der Waals surface area contributed by atoms with E-state index in [9.17, 15) is 4.79 Å². The molecular weight excluding hydrogens is 230 g/mol. The van der Waals surface area contributed by atoms with Crippen molar-refractivity contribution in [3.8, 4) is 0 Å². The lowest BCUT2D eigenvalue weighted by Gasteiger charge is -2.06. The number of ether oxygens (including phenoxy) is 1. The fourth-order valence-corrected chi connectivity index (χ4v) is 1.74. The summed E-state index contributed by atoms with van der Waals surface area (Å²) in [4.78, 5) is 13.1. The molecule has 1 heterocycles. The van der Waals surface area contributed by atoms with Gasteiger partial charge in [-0.3, -0.25) is 0 Å². The van der Waals surface area contributed by atoms with E-state index in [1.807, 2.05) is 24.3 Å². The van der Waals surface area contributed by atoms with E-state index in [1.165, 1.54) is 4.90 Å². The summed E-state index contributed by atoms with van der Waals surface area (Å²) in [5.41, 5.74) is 0.710. The average Bonchev–Trinajstić information content (AvgIpc) is 2.78. The first kappa shape index (κ1) is 12.6. The summed E-state index contributed by atoms with van der Waals surface area (Å²) < 4.78 is 10.6. The van der Waals surface area contributed by atoms with E-state index in [2.05, 4.69) is 14.1 Å². The van der Waals surface area contributed by atoms with E-state index in [1.54, 1.807) is 6.07 Å². The number of carbonyl (C=O) groups is 1. The molecule has 0 aliphatic rings. The van der Waals surface area contributed by atoms with Crippen LogP contribution in [0.2, 0.25) is 0 Å². The number of benzene rings is 1. The van der Waals surface area contributed by atoms with Crippen LogP contribution in [0, 0.1) is 0 Å². The van der Waals surface area contributed by atoms with Crippen LogP contribution < -0.4 is 4.90 Å². The van der Waals surface area contributed by atoms with E-state index in [-0.39, 0.29) is 11.7 Å². The number of furan rings is 1. The van der Waals surface area contributed by atoms with Gasteiger partial charge in [0.2, 0.25) is 5.76 Å². The number of fused-ring (bicyclic) bond motifs is 1. The topological polar surface area (TPSA) is 43.9 Å². The number of para-hydroxylation sites is 1. The normalized spacial score (nSPS) is 11.1. The van der Waals surface area contributed by atoms with Crippen LogP contribution in [0.5, 0.6) is 0 Å². The number of nitrogens with one attached hydrogen (secondary N) is 1. The van der Waals surface area contributed by atoms with E-state index in [0.717, 1.165) is 18.4 Å². The van der Waals surface area contributed by atoms with Crippen molar-refractivity contribution < 1.29 is 18.8 Å². The molecule has 0 aliphatic heterocycles. The Morgan fingerprint density at radius 3 is 2.83 bits per heavy atom. The van der Waals surface area contributed by atoms with Gasteiger partial charge < -0.3 is 14.1 Å². The summed E-state index contributed by atoms with van der Waals surface area (Å²) in [7, 11) is 4.14. The van der Waals surface area contributed by atoms with Gasteiger partial charge in [-0.05, 0) is 12.1 Å². The highest BCUT2D eigenvalue weighted by atomic mass is 16.5. The third-order valence-corrected chi connectivity index (χ3v) is 2.68. The summed E-state index contributed by atoms with van der Waals surface area (Å²) in [5, 5.41) is 0.919. The molecule has 0 atom stereocenters. The van der Waals surface area contributed by atoms with Gasteiger partial charge in [0, 0.05) is 11.8 Å². The van der Waals surface area contributed by atoms with Gasteiger partial charge in [0.1, 0.15) is 5.58 Å². The third-order valence-electron chi connectivity index (χ3n) is 2.68. The molecule has 0 radical (unpaired) electrons. The lowest BCUT2D eigenvalue weighted by atomic mass is 10.2. The van der Waals surface area contributed by atoms with Gasteiger partial charge in [-0.2, -0.15) is 0 Å². The summed E-state index contributed by atoms with van der Waals surface area (Å²) in [6, 6.07) is 9.25. The lowest BCUT2D eigenvalue weighted by Crippen LogP contribution is -3.05. The number of hydrogen-bond acceptors (Lipinski definition) is 3. The summed E-state index contributed by atoms with van der Waals surface area (Å²) in [5.74, 6) is -0.117. The van der Waals surface area contributed by atoms with Crippen molar-refractivity contribution in [2.24, 2.45) is 0 Å². The van der Waals surface area contributed by atoms with Crippen molar-refractivity contribution >= 4 is 16.9 Å². The van der Waals surface area contributed by atoms with Gasteiger partial charge in [-0.15, -0.1) is 0 Å². The third kappa shape index (κ3) is 3.11. The van der Waals surface area contributed by atoms with Crippen molar-refractivity contribution in [3.05, 3.63) is 36.1 Å². The fraction of sp³-hybridized carbons (Fsp3) is 0.357. The molecule has 0 saturated carbocycles. The largest absolute Gasteiger partial charge is 0.460 e. The molecule has 96 valence electrons. The first-order chi connectivity index (χ1) is 8.66. The second-order valence-electron chi connectivity index (χ2n) is 4.60. The van der Waals surface area contributed by atoms with Gasteiger partial charge in [-0.1, -0.05) is 18.2 Å². The van der Waals surface area contributed by atoms with Crippen LogP contribution in [0.4, 0.5) is 0 Å². The monoisotopic (exact) mass is 248 g/mol. The molecule has 18 heavy (non-hydrogen) atoms. The predicted octanol–water partition coefficient (Wildman–Crippen LogP) is 1.12. The van der Waals surface area contributed by atoms with Crippen LogP contribution >= 0.6 is 0 Å². The van der Waals surface area contributed by atoms with Crippen molar-refractivity contribution in [2.45, 2.75) is 6.42 Å². The molecule has 2 aromatic rings. The molecule has 4 nitrogen and oxygen atoms in total. The van der Waals surface area contributed by atoms with Crippen LogP contribution in [0.1, 0.15) is 17.0 Å². The quantitative estimate of drug-likeness (QED) is 0.637.